The summed E-state index contributed by atoms with van der Waals surface area (Å²) in [6.07, 6.45) is 0. The molecule has 6 nitrogen and oxygen atoms in total. The summed E-state index contributed by atoms with van der Waals surface area (Å²) in [5.74, 6) is -2.74. The van der Waals surface area contributed by atoms with Crippen LogP contribution in [0.25, 0.3) is 0 Å². The van der Waals surface area contributed by atoms with Gasteiger partial charge in [0.25, 0.3) is 5.91 Å². The lowest BCUT2D eigenvalue weighted by atomic mass is 10.1. The van der Waals surface area contributed by atoms with Gasteiger partial charge < -0.3 is 15.5 Å². The fourth-order valence-corrected chi connectivity index (χ4v) is 1.74. The number of carbonyl (C=O) groups is 3. The lowest BCUT2D eigenvalue weighted by Gasteiger charge is -2.08. The SMILES string of the molecule is O=C(O)c1ccc(C(=O)Nc2ccccc2C(=O)O)cc1. The number of aromatic carboxylic acids is 2. The van der Waals surface area contributed by atoms with Gasteiger partial charge in [0.05, 0.1) is 16.8 Å². The fourth-order valence-electron chi connectivity index (χ4n) is 1.74. The molecule has 0 spiro atoms. The molecule has 0 aliphatic carbocycles. The van der Waals surface area contributed by atoms with E-state index in [1.54, 1.807) is 12.1 Å². The van der Waals surface area contributed by atoms with Gasteiger partial charge in [0.2, 0.25) is 0 Å². The van der Waals surface area contributed by atoms with Crippen molar-refractivity contribution >= 4 is 23.5 Å². The van der Waals surface area contributed by atoms with Crippen LogP contribution in [-0.4, -0.2) is 28.1 Å². The number of hydrogen-bond donors (Lipinski definition) is 3. The molecule has 2 aromatic rings. The standard InChI is InChI=1S/C15H11NO5/c17-13(9-5-7-10(8-6-9)14(18)19)16-12-4-2-1-3-11(12)15(20)21/h1-8H,(H,16,17)(H,18,19)(H,20,21). The van der Waals surface area contributed by atoms with Crippen molar-refractivity contribution in [2.24, 2.45) is 0 Å². The molecule has 3 N–H and O–H groups in total. The second kappa shape index (κ2) is 5.87. The van der Waals surface area contributed by atoms with Gasteiger partial charge in [0, 0.05) is 5.56 Å². The quantitative estimate of drug-likeness (QED) is 0.799. The Balaban J connectivity index is 2.22. The van der Waals surface area contributed by atoms with E-state index in [1.165, 1.54) is 36.4 Å². The van der Waals surface area contributed by atoms with Gasteiger partial charge in [-0.05, 0) is 36.4 Å². The molecule has 2 aromatic carbocycles. The minimum absolute atomic E-state index is 0.0204. The van der Waals surface area contributed by atoms with Gasteiger partial charge in [-0.25, -0.2) is 9.59 Å². The fraction of sp³-hybridized carbons (Fsp3) is 0. The number of carbonyl (C=O) groups excluding carboxylic acids is 1. The molecule has 0 saturated carbocycles. The molecule has 6 heteroatoms. The number of benzene rings is 2. The molecular formula is C15H11NO5. The Morgan fingerprint density at radius 2 is 1.33 bits per heavy atom. The molecular weight excluding hydrogens is 274 g/mol. The summed E-state index contributed by atoms with van der Waals surface area (Å²) >= 11 is 0. The molecule has 0 saturated heterocycles. The molecule has 0 fully saturated rings. The number of para-hydroxylation sites is 1. The Bertz CT molecular complexity index is 706. The van der Waals surface area contributed by atoms with Crippen molar-refractivity contribution in [3.63, 3.8) is 0 Å². The van der Waals surface area contributed by atoms with Gasteiger partial charge in [0.1, 0.15) is 0 Å². The van der Waals surface area contributed by atoms with Crippen LogP contribution in [-0.2, 0) is 0 Å². The first-order valence-corrected chi connectivity index (χ1v) is 5.96. The minimum atomic E-state index is -1.15. The summed E-state index contributed by atoms with van der Waals surface area (Å²) < 4.78 is 0. The molecule has 0 aromatic heterocycles. The third kappa shape index (κ3) is 3.24. The molecule has 0 heterocycles. The second-order valence-electron chi connectivity index (χ2n) is 4.19. The third-order valence-electron chi connectivity index (χ3n) is 2.80. The van der Waals surface area contributed by atoms with E-state index >= 15 is 0 Å². The first-order chi connectivity index (χ1) is 9.99. The van der Waals surface area contributed by atoms with Crippen LogP contribution in [0.4, 0.5) is 5.69 Å². The van der Waals surface area contributed by atoms with Crippen LogP contribution in [0, 0.1) is 0 Å². The average molecular weight is 285 g/mol. The van der Waals surface area contributed by atoms with Crippen LogP contribution >= 0.6 is 0 Å². The van der Waals surface area contributed by atoms with Crippen LogP contribution in [0.3, 0.4) is 0 Å². The Kier molecular flexibility index (Phi) is 3.99. The summed E-state index contributed by atoms with van der Waals surface area (Å²) in [6.45, 7) is 0. The van der Waals surface area contributed by atoms with Crippen molar-refractivity contribution < 1.29 is 24.6 Å². The van der Waals surface area contributed by atoms with Crippen LogP contribution in [0.5, 0.6) is 0 Å². The van der Waals surface area contributed by atoms with Gasteiger partial charge in [-0.2, -0.15) is 0 Å². The van der Waals surface area contributed by atoms with Crippen LogP contribution in [0.2, 0.25) is 0 Å². The molecule has 0 aliphatic rings. The lowest BCUT2D eigenvalue weighted by Crippen LogP contribution is -2.15. The van der Waals surface area contributed by atoms with Crippen molar-refractivity contribution in [3.05, 3.63) is 65.2 Å². The molecule has 0 radical (unpaired) electrons. The first kappa shape index (κ1) is 14.3. The second-order valence-corrected chi connectivity index (χ2v) is 4.19. The van der Waals surface area contributed by atoms with Gasteiger partial charge in [-0.1, -0.05) is 12.1 Å². The van der Waals surface area contributed by atoms with E-state index in [4.69, 9.17) is 10.2 Å². The summed E-state index contributed by atoms with van der Waals surface area (Å²) in [6, 6.07) is 11.4. The van der Waals surface area contributed by atoms with E-state index in [9.17, 15) is 14.4 Å². The Labute approximate surface area is 119 Å². The summed E-state index contributed by atoms with van der Waals surface area (Å²) in [5.41, 5.74) is 0.461. The maximum atomic E-state index is 12.0. The van der Waals surface area contributed by atoms with Crippen molar-refractivity contribution in [2.45, 2.75) is 0 Å². The van der Waals surface area contributed by atoms with Crippen molar-refractivity contribution in [3.8, 4) is 0 Å². The topological polar surface area (TPSA) is 104 Å². The number of amides is 1. The van der Waals surface area contributed by atoms with Gasteiger partial charge in [-0.15, -0.1) is 0 Å². The smallest absolute Gasteiger partial charge is 0.337 e. The van der Waals surface area contributed by atoms with E-state index < -0.39 is 17.8 Å². The molecule has 106 valence electrons. The molecule has 0 unspecified atom stereocenters. The average Bonchev–Trinajstić information content (AvgIpc) is 2.47. The molecule has 2 rings (SSSR count). The van der Waals surface area contributed by atoms with Crippen molar-refractivity contribution in [1.29, 1.82) is 0 Å². The predicted octanol–water partition coefficient (Wildman–Crippen LogP) is 2.34. The van der Waals surface area contributed by atoms with Gasteiger partial charge >= 0.3 is 11.9 Å². The number of anilines is 1. The highest BCUT2D eigenvalue weighted by molar-refractivity contribution is 6.08. The molecule has 0 aliphatic heterocycles. The Hall–Kier alpha value is -3.15. The van der Waals surface area contributed by atoms with E-state index in [2.05, 4.69) is 5.32 Å². The molecule has 0 bridgehead atoms. The van der Waals surface area contributed by atoms with Crippen LogP contribution in [0.1, 0.15) is 31.1 Å². The number of carboxylic acids is 2. The zero-order chi connectivity index (χ0) is 15.4. The Morgan fingerprint density at radius 3 is 1.90 bits per heavy atom. The number of rotatable bonds is 4. The zero-order valence-electron chi connectivity index (χ0n) is 10.7. The van der Waals surface area contributed by atoms with Crippen molar-refractivity contribution in [1.82, 2.24) is 0 Å². The lowest BCUT2D eigenvalue weighted by molar-refractivity contribution is 0.0686. The third-order valence-corrected chi connectivity index (χ3v) is 2.80. The number of hydrogen-bond acceptors (Lipinski definition) is 3. The highest BCUT2D eigenvalue weighted by Gasteiger charge is 2.13. The molecule has 21 heavy (non-hydrogen) atoms. The summed E-state index contributed by atoms with van der Waals surface area (Å²) in [4.78, 5) is 33.8. The summed E-state index contributed by atoms with van der Waals surface area (Å²) in [7, 11) is 0. The number of carboxylic acid groups (broad SMARTS) is 2. The van der Waals surface area contributed by atoms with E-state index in [0.29, 0.717) is 0 Å². The van der Waals surface area contributed by atoms with E-state index in [1.807, 2.05) is 0 Å². The monoisotopic (exact) mass is 285 g/mol. The highest BCUT2D eigenvalue weighted by atomic mass is 16.4. The largest absolute Gasteiger partial charge is 0.478 e. The van der Waals surface area contributed by atoms with E-state index in [-0.39, 0.29) is 22.4 Å². The summed E-state index contributed by atoms with van der Waals surface area (Å²) in [5, 5.41) is 20.3. The first-order valence-electron chi connectivity index (χ1n) is 5.96. The highest BCUT2D eigenvalue weighted by Crippen LogP contribution is 2.16. The van der Waals surface area contributed by atoms with Crippen molar-refractivity contribution in [2.75, 3.05) is 5.32 Å². The molecule has 0 atom stereocenters. The maximum absolute atomic E-state index is 12.0. The maximum Gasteiger partial charge on any atom is 0.337 e. The van der Waals surface area contributed by atoms with Gasteiger partial charge in [-0.3, -0.25) is 4.79 Å². The molecule has 1 amide bonds. The minimum Gasteiger partial charge on any atom is -0.478 e. The Morgan fingerprint density at radius 1 is 0.762 bits per heavy atom. The normalized spacial score (nSPS) is 9.90. The zero-order valence-corrected chi connectivity index (χ0v) is 10.7. The van der Waals surface area contributed by atoms with Crippen LogP contribution < -0.4 is 5.32 Å². The predicted molar refractivity (Wildman–Crippen MR) is 74.8 cm³/mol. The van der Waals surface area contributed by atoms with Crippen LogP contribution in [0.15, 0.2) is 48.5 Å². The van der Waals surface area contributed by atoms with E-state index in [0.717, 1.165) is 0 Å². The van der Waals surface area contributed by atoms with Gasteiger partial charge in [0.15, 0.2) is 0 Å². The number of nitrogens with one attached hydrogen (secondary N) is 1.